The van der Waals surface area contributed by atoms with Crippen LogP contribution in [0.15, 0.2) is 0 Å². The van der Waals surface area contributed by atoms with E-state index < -0.39 is 0 Å². The van der Waals surface area contributed by atoms with Crippen molar-refractivity contribution in [2.45, 2.75) is 39.2 Å². The summed E-state index contributed by atoms with van der Waals surface area (Å²) in [5.74, 6) is 0.882. The first-order chi connectivity index (χ1) is 7.66. The Morgan fingerprint density at radius 3 is 2.69 bits per heavy atom. The number of nitrogens with zero attached hydrogens (tertiary/aromatic N) is 3. The Kier molecular flexibility index (Phi) is 3.33. The molecule has 2 atom stereocenters. The van der Waals surface area contributed by atoms with Crippen molar-refractivity contribution in [1.29, 1.82) is 0 Å². The summed E-state index contributed by atoms with van der Waals surface area (Å²) in [6.45, 7) is 4.53. The third kappa shape index (κ3) is 2.47. The lowest BCUT2D eigenvalue weighted by molar-refractivity contribution is 0.138. The van der Waals surface area contributed by atoms with Crippen molar-refractivity contribution in [3.8, 4) is 0 Å². The lowest BCUT2D eigenvalue weighted by Gasteiger charge is -2.14. The van der Waals surface area contributed by atoms with E-state index >= 15 is 0 Å². The topological polar surface area (TPSA) is 70.9 Å². The predicted molar refractivity (Wildman–Crippen MR) is 61.1 cm³/mol. The van der Waals surface area contributed by atoms with Gasteiger partial charge >= 0.3 is 0 Å². The molecule has 2 N–H and O–H groups in total. The number of aliphatic hydroxyl groups excluding tert-OH is 1. The highest BCUT2D eigenvalue weighted by atomic mass is 16.3. The smallest absolute Gasteiger partial charge is 0.242 e. The number of aromatic nitrogens is 3. The molecule has 1 fully saturated rings. The lowest BCUT2D eigenvalue weighted by atomic mass is 10.1. The van der Waals surface area contributed by atoms with Gasteiger partial charge in [0.2, 0.25) is 5.95 Å². The third-order valence-electron chi connectivity index (χ3n) is 3.23. The van der Waals surface area contributed by atoms with Crippen LogP contribution in [0.4, 0.5) is 5.95 Å². The molecule has 2 rings (SSSR count). The molecule has 1 saturated carbocycles. The van der Waals surface area contributed by atoms with E-state index in [-0.39, 0.29) is 6.10 Å². The highest BCUT2D eigenvalue weighted by Gasteiger charge is 2.24. The van der Waals surface area contributed by atoms with Gasteiger partial charge in [-0.25, -0.2) is 4.98 Å². The minimum atomic E-state index is -0.174. The molecule has 1 aliphatic carbocycles. The van der Waals surface area contributed by atoms with Crippen molar-refractivity contribution in [3.05, 3.63) is 11.4 Å². The number of hydrogen-bond donors (Lipinski definition) is 2. The number of aryl methyl sites for hydroxylation is 2. The van der Waals surface area contributed by atoms with Gasteiger partial charge in [-0.15, -0.1) is 5.10 Å². The van der Waals surface area contributed by atoms with Crippen LogP contribution in [-0.2, 0) is 0 Å². The van der Waals surface area contributed by atoms with Gasteiger partial charge in [-0.1, -0.05) is 6.42 Å². The largest absolute Gasteiger partial charge is 0.393 e. The van der Waals surface area contributed by atoms with Crippen LogP contribution in [0.25, 0.3) is 0 Å². The molecule has 0 radical (unpaired) electrons. The summed E-state index contributed by atoms with van der Waals surface area (Å²) in [7, 11) is 0. The quantitative estimate of drug-likeness (QED) is 0.800. The maximum atomic E-state index is 9.67. The van der Waals surface area contributed by atoms with Gasteiger partial charge < -0.3 is 10.4 Å². The molecule has 1 aromatic heterocycles. The van der Waals surface area contributed by atoms with E-state index in [1.807, 2.05) is 13.8 Å². The molecule has 16 heavy (non-hydrogen) atoms. The Labute approximate surface area is 95.3 Å². The zero-order valence-electron chi connectivity index (χ0n) is 9.77. The molecule has 1 heterocycles. The molecule has 0 saturated heterocycles. The first kappa shape index (κ1) is 11.3. The molecule has 0 spiro atoms. The summed E-state index contributed by atoms with van der Waals surface area (Å²) in [6.07, 6.45) is 2.93. The van der Waals surface area contributed by atoms with Crippen LogP contribution in [0.2, 0.25) is 0 Å². The molecule has 0 amide bonds. The number of aliphatic hydroxyl groups is 1. The minimum Gasteiger partial charge on any atom is -0.393 e. The molecule has 5 heteroatoms. The number of nitrogens with one attached hydrogen (secondary N) is 1. The summed E-state index contributed by atoms with van der Waals surface area (Å²) in [4.78, 5) is 4.29. The van der Waals surface area contributed by atoms with Gasteiger partial charge in [0, 0.05) is 12.5 Å². The molecule has 5 nitrogen and oxygen atoms in total. The number of rotatable bonds is 3. The van der Waals surface area contributed by atoms with Gasteiger partial charge in [-0.2, -0.15) is 5.10 Å². The van der Waals surface area contributed by atoms with Crippen LogP contribution >= 0.6 is 0 Å². The molecule has 1 aliphatic rings. The van der Waals surface area contributed by atoms with Gasteiger partial charge in [0.25, 0.3) is 0 Å². The Morgan fingerprint density at radius 1 is 1.25 bits per heavy atom. The average Bonchev–Trinajstić information content (AvgIpc) is 2.66. The van der Waals surface area contributed by atoms with Crippen molar-refractivity contribution in [3.63, 3.8) is 0 Å². The molecule has 0 aliphatic heterocycles. The summed E-state index contributed by atoms with van der Waals surface area (Å²) >= 11 is 0. The summed E-state index contributed by atoms with van der Waals surface area (Å²) < 4.78 is 0. The SMILES string of the molecule is Cc1nnc(NCC2CCCC2O)nc1C. The Balaban J connectivity index is 1.91. The fourth-order valence-electron chi connectivity index (χ4n) is 2.01. The highest BCUT2D eigenvalue weighted by molar-refractivity contribution is 5.24. The van der Waals surface area contributed by atoms with Gasteiger partial charge in [0.15, 0.2) is 0 Å². The third-order valence-corrected chi connectivity index (χ3v) is 3.23. The Morgan fingerprint density at radius 2 is 2.06 bits per heavy atom. The lowest BCUT2D eigenvalue weighted by Crippen LogP contribution is -2.23. The second kappa shape index (κ2) is 4.74. The molecular weight excluding hydrogens is 204 g/mol. The minimum absolute atomic E-state index is 0.174. The number of hydrogen-bond acceptors (Lipinski definition) is 5. The maximum absolute atomic E-state index is 9.67. The van der Waals surface area contributed by atoms with E-state index in [9.17, 15) is 5.11 Å². The van der Waals surface area contributed by atoms with Crippen LogP contribution < -0.4 is 5.32 Å². The normalized spacial score (nSPS) is 24.7. The van der Waals surface area contributed by atoms with E-state index in [0.717, 1.165) is 37.2 Å². The maximum Gasteiger partial charge on any atom is 0.242 e. The Hall–Kier alpha value is -1.23. The number of anilines is 1. The molecule has 88 valence electrons. The van der Waals surface area contributed by atoms with Crippen LogP contribution in [0.5, 0.6) is 0 Å². The zero-order valence-corrected chi connectivity index (χ0v) is 9.77. The molecule has 1 aromatic rings. The highest BCUT2D eigenvalue weighted by Crippen LogP contribution is 2.25. The monoisotopic (exact) mass is 222 g/mol. The van der Waals surface area contributed by atoms with Crippen LogP contribution in [-0.4, -0.2) is 32.9 Å². The molecular formula is C11H18N4O. The molecule has 0 aromatic carbocycles. The first-order valence-corrected chi connectivity index (χ1v) is 5.76. The van der Waals surface area contributed by atoms with Crippen molar-refractivity contribution < 1.29 is 5.11 Å². The summed E-state index contributed by atoms with van der Waals surface area (Å²) in [6, 6.07) is 0. The first-order valence-electron chi connectivity index (χ1n) is 5.76. The predicted octanol–water partition coefficient (Wildman–Crippen LogP) is 1.06. The summed E-state index contributed by atoms with van der Waals surface area (Å²) in [5, 5.41) is 20.8. The van der Waals surface area contributed by atoms with Crippen LogP contribution in [0, 0.1) is 19.8 Å². The molecule has 2 unspecified atom stereocenters. The molecule has 0 bridgehead atoms. The van der Waals surface area contributed by atoms with Crippen molar-refractivity contribution >= 4 is 5.95 Å². The van der Waals surface area contributed by atoms with Crippen molar-refractivity contribution in [2.24, 2.45) is 5.92 Å². The fourth-order valence-corrected chi connectivity index (χ4v) is 2.01. The Bertz CT molecular complexity index is 369. The van der Waals surface area contributed by atoms with Gasteiger partial charge in [0.1, 0.15) is 0 Å². The van der Waals surface area contributed by atoms with Gasteiger partial charge in [-0.3, -0.25) is 0 Å². The van der Waals surface area contributed by atoms with Gasteiger partial charge in [-0.05, 0) is 26.7 Å². The van der Waals surface area contributed by atoms with Gasteiger partial charge in [0.05, 0.1) is 17.5 Å². The average molecular weight is 222 g/mol. The van der Waals surface area contributed by atoms with E-state index in [0.29, 0.717) is 11.9 Å². The van der Waals surface area contributed by atoms with Crippen LogP contribution in [0.1, 0.15) is 30.7 Å². The van der Waals surface area contributed by atoms with E-state index in [2.05, 4.69) is 20.5 Å². The van der Waals surface area contributed by atoms with Crippen LogP contribution in [0.3, 0.4) is 0 Å². The second-order valence-corrected chi connectivity index (χ2v) is 4.45. The van der Waals surface area contributed by atoms with Crippen molar-refractivity contribution in [2.75, 3.05) is 11.9 Å². The zero-order chi connectivity index (χ0) is 11.5. The fraction of sp³-hybridized carbons (Fsp3) is 0.727. The summed E-state index contributed by atoms with van der Waals surface area (Å²) in [5.41, 5.74) is 1.75. The van der Waals surface area contributed by atoms with E-state index in [1.54, 1.807) is 0 Å². The second-order valence-electron chi connectivity index (χ2n) is 4.45. The van der Waals surface area contributed by atoms with E-state index in [1.165, 1.54) is 0 Å². The van der Waals surface area contributed by atoms with E-state index in [4.69, 9.17) is 0 Å². The standard InChI is InChI=1S/C11H18N4O/c1-7-8(2)14-15-11(13-7)12-6-9-4-3-5-10(9)16/h9-10,16H,3-6H2,1-2H3,(H,12,13,15). The van der Waals surface area contributed by atoms with Crippen molar-refractivity contribution in [1.82, 2.24) is 15.2 Å².